The van der Waals surface area contributed by atoms with Crippen molar-refractivity contribution in [2.75, 3.05) is 0 Å². The van der Waals surface area contributed by atoms with Gasteiger partial charge in [0, 0.05) is 0 Å². The van der Waals surface area contributed by atoms with E-state index >= 15 is 0 Å². The SMILES string of the molecule is [Cl-].[Cl-].[Cl-].[Zr+3][PH]1=PC(c2ccccc2)=PC1c1ccccc1. The third-order valence-corrected chi connectivity index (χ3v) is 17.1. The second kappa shape index (κ2) is 10.8. The van der Waals surface area contributed by atoms with Crippen molar-refractivity contribution in [1.82, 2.24) is 0 Å². The molecule has 0 saturated carbocycles. The van der Waals surface area contributed by atoms with Crippen LogP contribution in [0, 0.1) is 0 Å². The molecule has 0 spiro atoms. The molecule has 0 radical (unpaired) electrons. The third kappa shape index (κ3) is 5.59. The van der Waals surface area contributed by atoms with E-state index in [1.807, 2.05) is 0 Å². The summed E-state index contributed by atoms with van der Waals surface area (Å²) in [6.45, 7) is 0. The van der Waals surface area contributed by atoms with Gasteiger partial charge < -0.3 is 37.2 Å². The van der Waals surface area contributed by atoms with E-state index < -0.39 is 0 Å². The second-order valence-corrected chi connectivity index (χ2v) is 17.4. The molecule has 0 nitrogen and oxygen atoms in total. The molecule has 3 rings (SSSR count). The van der Waals surface area contributed by atoms with Crippen LogP contribution < -0.4 is 37.2 Å². The van der Waals surface area contributed by atoms with Crippen LogP contribution in [0.4, 0.5) is 0 Å². The molecule has 2 aromatic rings. The molecule has 108 valence electrons. The van der Waals surface area contributed by atoms with E-state index in [1.165, 1.54) is 5.56 Å². The van der Waals surface area contributed by atoms with Crippen molar-refractivity contribution in [1.29, 1.82) is 0 Å². The van der Waals surface area contributed by atoms with Crippen molar-refractivity contribution in [3.05, 3.63) is 71.8 Å². The van der Waals surface area contributed by atoms with Crippen molar-refractivity contribution in [2.24, 2.45) is 0 Å². The molecule has 0 amide bonds. The van der Waals surface area contributed by atoms with Crippen molar-refractivity contribution in [3.63, 3.8) is 0 Å². The average molecular weight is 471 g/mol. The first-order chi connectivity index (χ1) is 8.84. The van der Waals surface area contributed by atoms with Crippen molar-refractivity contribution >= 4 is 25.6 Å². The van der Waals surface area contributed by atoms with Gasteiger partial charge in [-0.1, -0.05) is 0 Å². The predicted octanol–water partition coefficient (Wildman–Crippen LogP) is -3.63. The predicted molar refractivity (Wildman–Crippen MR) is 81.9 cm³/mol. The van der Waals surface area contributed by atoms with Gasteiger partial charge in [0.05, 0.1) is 0 Å². The van der Waals surface area contributed by atoms with E-state index in [1.54, 1.807) is 50.8 Å². The minimum absolute atomic E-state index is 0. The molecule has 0 aliphatic carbocycles. The van der Waals surface area contributed by atoms with Gasteiger partial charge in [-0.2, -0.15) is 0 Å². The second-order valence-electron chi connectivity index (χ2n) is 4.13. The maximum absolute atomic E-state index is 2.30. The molecule has 0 aromatic heterocycles. The van der Waals surface area contributed by atoms with E-state index in [0.717, 1.165) is 5.40 Å². The van der Waals surface area contributed by atoms with Crippen LogP contribution in [0.25, 0.3) is 0 Å². The van der Waals surface area contributed by atoms with E-state index in [0.29, 0.717) is 0 Å². The normalized spacial score (nSPS) is 20.8. The Bertz CT molecular complexity index is 618. The minimum atomic E-state index is -0.230. The van der Waals surface area contributed by atoms with E-state index in [4.69, 9.17) is 0 Å². The summed E-state index contributed by atoms with van der Waals surface area (Å²) in [6, 6.07) is 22.0. The topological polar surface area (TPSA) is 0 Å². The van der Waals surface area contributed by atoms with Gasteiger partial charge in [-0.3, -0.25) is 0 Å². The fourth-order valence-electron chi connectivity index (χ4n) is 1.98. The Labute approximate surface area is 163 Å². The molecule has 21 heavy (non-hydrogen) atoms. The monoisotopic (exact) mass is 468 g/mol. The molecule has 0 N–H and O–H groups in total. The Balaban J connectivity index is 0.00000133. The van der Waals surface area contributed by atoms with Crippen LogP contribution in [-0.2, 0) is 24.1 Å². The van der Waals surface area contributed by atoms with Gasteiger partial charge in [0.2, 0.25) is 0 Å². The molecule has 1 aliphatic heterocycles. The van der Waals surface area contributed by atoms with Crippen LogP contribution in [0.1, 0.15) is 16.5 Å². The standard InChI is InChI=1S/C14H11P3.3ClH.Zr/c1-3-7-11(8-4-1)13-15-14(17-16-13)12-9-5-2-6-10-12;;;;/h1-10,13H;3*1H;/q;;;;+2/p-2. The molecule has 2 atom stereocenters. The van der Waals surface area contributed by atoms with E-state index in [-0.39, 0.29) is 41.7 Å². The summed E-state index contributed by atoms with van der Waals surface area (Å²) in [5, 5.41) is 2.43. The van der Waals surface area contributed by atoms with Crippen LogP contribution in [0.5, 0.6) is 0 Å². The fraction of sp³-hybridized carbons (Fsp3) is 0.0714. The third-order valence-electron chi connectivity index (χ3n) is 2.88. The van der Waals surface area contributed by atoms with Gasteiger partial charge in [0.25, 0.3) is 0 Å². The van der Waals surface area contributed by atoms with Gasteiger partial charge in [-0.05, 0) is 0 Å². The summed E-state index contributed by atoms with van der Waals surface area (Å²) in [5.74, 6) is 0. The molecule has 2 unspecified atom stereocenters. The first-order valence-electron chi connectivity index (χ1n) is 5.83. The van der Waals surface area contributed by atoms with Crippen LogP contribution in [0.15, 0.2) is 60.7 Å². The zero-order chi connectivity index (χ0) is 12.4. The molecule has 1 aliphatic rings. The maximum atomic E-state index is 2.30. The quantitative estimate of drug-likeness (QED) is 0.398. The zero-order valence-corrected chi connectivity index (χ0v) is 18.4. The Kier molecular flexibility index (Phi) is 11.4. The van der Waals surface area contributed by atoms with Crippen LogP contribution in [0.3, 0.4) is 0 Å². The van der Waals surface area contributed by atoms with Gasteiger partial charge in [0.1, 0.15) is 0 Å². The van der Waals surface area contributed by atoms with Gasteiger partial charge in [0.15, 0.2) is 0 Å². The molecule has 0 bridgehead atoms. The number of benzene rings is 2. The van der Waals surface area contributed by atoms with Crippen LogP contribution >= 0.6 is 20.6 Å². The molecule has 1 heterocycles. The first kappa shape index (κ1) is 22.1. The summed E-state index contributed by atoms with van der Waals surface area (Å²) < 4.78 is -0.230. The van der Waals surface area contributed by atoms with E-state index in [9.17, 15) is 0 Å². The molecular formula is C14H12Cl3P3Zr. The fourth-order valence-corrected chi connectivity index (χ4v) is 17.4. The van der Waals surface area contributed by atoms with Crippen molar-refractivity contribution in [3.8, 4) is 0 Å². The molecule has 2 aromatic carbocycles. The Morgan fingerprint density at radius 1 is 0.810 bits per heavy atom. The van der Waals surface area contributed by atoms with Crippen molar-refractivity contribution < 1.29 is 61.4 Å². The Hall–Kier alpha value is 1.09. The summed E-state index contributed by atoms with van der Waals surface area (Å²) in [7, 11) is 3.18. The molecular weight excluding hydrogens is 459 g/mol. The van der Waals surface area contributed by atoms with Gasteiger partial charge in [-0.15, -0.1) is 0 Å². The molecule has 0 fully saturated rings. The van der Waals surface area contributed by atoms with Gasteiger partial charge >= 0.3 is 127 Å². The molecule has 0 saturated heterocycles. The summed E-state index contributed by atoms with van der Waals surface area (Å²) >= 11 is 1.76. The summed E-state index contributed by atoms with van der Waals surface area (Å²) in [5.41, 5.74) is 2.99. The van der Waals surface area contributed by atoms with Crippen molar-refractivity contribution in [2.45, 2.75) is 5.40 Å². The first-order valence-corrected chi connectivity index (χ1v) is 13.8. The number of hydrogen-bond donors (Lipinski definition) is 0. The number of hydrogen-bond acceptors (Lipinski definition) is 0. The van der Waals surface area contributed by atoms with E-state index in [2.05, 4.69) is 60.7 Å². The Morgan fingerprint density at radius 3 is 1.90 bits per heavy atom. The number of rotatable bonds is 2. The number of halogens is 3. The average Bonchev–Trinajstić information content (AvgIpc) is 2.83. The molecule has 7 heteroatoms. The van der Waals surface area contributed by atoms with Crippen LogP contribution in [0.2, 0.25) is 0 Å². The Morgan fingerprint density at radius 2 is 1.33 bits per heavy atom. The van der Waals surface area contributed by atoms with Crippen LogP contribution in [-0.4, -0.2) is 5.03 Å². The summed E-state index contributed by atoms with van der Waals surface area (Å²) in [6.07, 6.45) is 0. The summed E-state index contributed by atoms with van der Waals surface area (Å²) in [4.78, 5) is 0. The zero-order valence-electron chi connectivity index (χ0n) is 10.9. The van der Waals surface area contributed by atoms with Gasteiger partial charge in [-0.25, -0.2) is 0 Å².